The van der Waals surface area contributed by atoms with Gasteiger partial charge in [-0.05, 0) is 37.5 Å². The molecule has 0 heterocycles. The normalized spacial score (nSPS) is 36.5. The van der Waals surface area contributed by atoms with Crippen molar-refractivity contribution in [3.63, 3.8) is 0 Å². The minimum Gasteiger partial charge on any atom is -0.299 e. The first-order valence-corrected chi connectivity index (χ1v) is 5.91. The Labute approximate surface area is 96.8 Å². The van der Waals surface area contributed by atoms with Gasteiger partial charge in [-0.3, -0.25) is 4.79 Å². The molecule has 0 bridgehead atoms. The van der Waals surface area contributed by atoms with Gasteiger partial charge in [-0.2, -0.15) is 0 Å². The predicted octanol–water partition coefficient (Wildman–Crippen LogP) is 3.98. The Bertz CT molecular complexity index is 309. The molecule has 1 heteroatoms. The Kier molecular flexibility index (Phi) is 3.18. The second-order valence-electron chi connectivity index (χ2n) is 5.16. The molecule has 0 aromatic carbocycles. The molecule has 1 aliphatic carbocycles. The molecule has 0 aliphatic heterocycles. The van der Waals surface area contributed by atoms with E-state index in [1.54, 1.807) is 0 Å². The summed E-state index contributed by atoms with van der Waals surface area (Å²) in [6.45, 7) is 9.82. The summed E-state index contributed by atoms with van der Waals surface area (Å²) in [6, 6.07) is 0. The smallest absolute Gasteiger partial charge is 0.139 e. The number of allylic oxidation sites excluding steroid dienone is 1. The first-order valence-electron chi connectivity index (χ1n) is 6.91. The average Bonchev–Trinajstić information content (AvgIpc) is 2.41. The molecule has 15 heavy (non-hydrogen) atoms. The largest absolute Gasteiger partial charge is 0.299 e. The van der Waals surface area contributed by atoms with Crippen LogP contribution in [0.1, 0.15) is 55.6 Å². The summed E-state index contributed by atoms with van der Waals surface area (Å²) in [5.41, 5.74) is -0.485. The minimum absolute atomic E-state index is 0.162. The molecule has 0 unspecified atom stereocenters. The number of rotatable bonds is 5. The van der Waals surface area contributed by atoms with Crippen molar-refractivity contribution in [3.05, 3.63) is 12.7 Å². The van der Waals surface area contributed by atoms with Crippen LogP contribution in [0.2, 0.25) is 0 Å². The lowest BCUT2D eigenvalue weighted by atomic mass is 9.70. The number of carbonyl (C=O) groups excluding carboxylic acids is 1. The lowest BCUT2D eigenvalue weighted by Gasteiger charge is -2.32. The summed E-state index contributed by atoms with van der Waals surface area (Å²) in [5, 5.41) is 0. The van der Waals surface area contributed by atoms with E-state index in [1.165, 1.54) is 0 Å². The molecule has 86 valence electrons. The molecule has 0 radical (unpaired) electrons. The fourth-order valence-electron chi connectivity index (χ4n) is 2.68. The van der Waals surface area contributed by atoms with E-state index in [1.807, 2.05) is 13.0 Å². The van der Waals surface area contributed by atoms with Gasteiger partial charge in [-0.1, -0.05) is 26.8 Å². The molecule has 1 rings (SSSR count). The molecule has 1 fully saturated rings. The lowest BCUT2D eigenvalue weighted by molar-refractivity contribution is -0.127. The number of hydrogen-bond acceptors (Lipinski definition) is 1. The van der Waals surface area contributed by atoms with Gasteiger partial charge in [0.05, 0.1) is 0 Å². The zero-order chi connectivity index (χ0) is 13.3. The highest BCUT2D eigenvalue weighted by Crippen LogP contribution is 2.47. The third-order valence-corrected chi connectivity index (χ3v) is 3.73. The molecular weight excluding hydrogens is 184 g/mol. The molecule has 1 nitrogen and oxygen atoms in total. The Morgan fingerprint density at radius 2 is 2.40 bits per heavy atom. The number of carbonyl (C=O) groups is 1. The van der Waals surface area contributed by atoms with Gasteiger partial charge in [0.15, 0.2) is 0 Å². The van der Waals surface area contributed by atoms with Gasteiger partial charge in [-0.25, -0.2) is 0 Å². The van der Waals surface area contributed by atoms with Gasteiger partial charge in [0.1, 0.15) is 5.78 Å². The summed E-state index contributed by atoms with van der Waals surface area (Å²) in [4.78, 5) is 12.3. The molecule has 0 N–H and O–H groups in total. The maximum atomic E-state index is 12.3. The molecule has 0 spiro atoms. The van der Waals surface area contributed by atoms with Gasteiger partial charge >= 0.3 is 0 Å². The van der Waals surface area contributed by atoms with Gasteiger partial charge < -0.3 is 0 Å². The van der Waals surface area contributed by atoms with Crippen molar-refractivity contribution >= 4 is 5.78 Å². The van der Waals surface area contributed by atoms with E-state index in [0.29, 0.717) is 12.3 Å². The molecule has 1 saturated carbocycles. The number of ketones is 1. The molecule has 0 amide bonds. The molecule has 2 atom stereocenters. The van der Waals surface area contributed by atoms with Crippen LogP contribution >= 0.6 is 0 Å². The summed E-state index contributed by atoms with van der Waals surface area (Å²) >= 11 is 0. The third-order valence-electron chi connectivity index (χ3n) is 3.73. The first kappa shape index (κ1) is 9.62. The van der Waals surface area contributed by atoms with E-state index in [2.05, 4.69) is 20.4 Å². The van der Waals surface area contributed by atoms with Gasteiger partial charge in [0.2, 0.25) is 0 Å². The highest BCUT2D eigenvalue weighted by Gasteiger charge is 2.46. The van der Waals surface area contributed by atoms with Gasteiger partial charge in [0, 0.05) is 14.5 Å². The van der Waals surface area contributed by atoms with Crippen LogP contribution in [-0.4, -0.2) is 5.78 Å². The van der Waals surface area contributed by atoms with Crippen LogP contribution in [0.3, 0.4) is 0 Å². The van der Waals surface area contributed by atoms with E-state index in [4.69, 9.17) is 2.74 Å². The van der Waals surface area contributed by atoms with Crippen molar-refractivity contribution in [2.24, 2.45) is 17.3 Å². The topological polar surface area (TPSA) is 17.1 Å². The van der Waals surface area contributed by atoms with Crippen molar-refractivity contribution < 1.29 is 7.54 Å². The standard InChI is InChI=1S/C14H24O/c1-5-6-7-10-14(4)12(11(2)3)8-9-13(14)15/h5,11-12H,1,6-10H2,2-4H3/t12-,14-/m1/s1/i9D2. The fourth-order valence-corrected chi connectivity index (χ4v) is 2.68. The zero-order valence-electron chi connectivity index (χ0n) is 12.2. The molecule has 0 aromatic heterocycles. The van der Waals surface area contributed by atoms with Crippen molar-refractivity contribution in [2.45, 2.75) is 52.8 Å². The summed E-state index contributed by atoms with van der Waals surface area (Å²) in [5.74, 6) is 0.327. The monoisotopic (exact) mass is 210 g/mol. The van der Waals surface area contributed by atoms with E-state index >= 15 is 0 Å². The Balaban J connectivity index is 2.90. The SMILES string of the molecule is [2H]C1([2H])C[C@H](C(C)C)[C@@](C)(CCCC=C)C1=O. The maximum absolute atomic E-state index is 12.3. The van der Waals surface area contributed by atoms with Crippen LogP contribution in [0, 0.1) is 17.3 Å². The van der Waals surface area contributed by atoms with E-state index in [9.17, 15) is 4.79 Å². The molecule has 0 aromatic rings. The molecular formula is C14H24O. The third kappa shape index (κ3) is 2.50. The van der Waals surface area contributed by atoms with Crippen LogP contribution < -0.4 is 0 Å². The van der Waals surface area contributed by atoms with Crippen LogP contribution in [0.15, 0.2) is 12.7 Å². The number of unbranched alkanes of at least 4 members (excludes halogenated alkanes) is 1. The number of Topliss-reactive ketones (excluding diaryl/α,β-unsaturated/α-hetero) is 1. The summed E-state index contributed by atoms with van der Waals surface area (Å²) in [6.07, 6.45) is 3.22. The molecule has 1 aliphatic rings. The van der Waals surface area contributed by atoms with Crippen LogP contribution in [-0.2, 0) is 4.79 Å². The summed E-state index contributed by atoms with van der Waals surface area (Å²) in [7, 11) is 0. The highest BCUT2D eigenvalue weighted by molar-refractivity contribution is 5.86. The minimum atomic E-state index is -1.63. The lowest BCUT2D eigenvalue weighted by Crippen LogP contribution is -2.31. The van der Waals surface area contributed by atoms with Crippen molar-refractivity contribution in [1.29, 1.82) is 0 Å². The Morgan fingerprint density at radius 1 is 1.73 bits per heavy atom. The van der Waals surface area contributed by atoms with Crippen molar-refractivity contribution in [2.75, 3.05) is 0 Å². The fraction of sp³-hybridized carbons (Fsp3) is 0.786. The van der Waals surface area contributed by atoms with Crippen LogP contribution in [0.5, 0.6) is 0 Å². The quantitative estimate of drug-likeness (QED) is 0.495. The Hall–Kier alpha value is -0.590. The number of hydrogen-bond donors (Lipinski definition) is 0. The zero-order valence-corrected chi connectivity index (χ0v) is 10.2. The first-order chi connectivity index (χ1) is 7.75. The van der Waals surface area contributed by atoms with E-state index in [-0.39, 0.29) is 11.7 Å². The maximum Gasteiger partial charge on any atom is 0.139 e. The molecule has 0 saturated heterocycles. The predicted molar refractivity (Wildman–Crippen MR) is 64.7 cm³/mol. The van der Waals surface area contributed by atoms with Crippen molar-refractivity contribution in [3.8, 4) is 0 Å². The van der Waals surface area contributed by atoms with Crippen LogP contribution in [0.25, 0.3) is 0 Å². The highest BCUT2D eigenvalue weighted by atomic mass is 16.1. The van der Waals surface area contributed by atoms with E-state index in [0.717, 1.165) is 19.3 Å². The average molecular weight is 210 g/mol. The summed E-state index contributed by atoms with van der Waals surface area (Å²) < 4.78 is 15.7. The second kappa shape index (κ2) is 4.96. The second-order valence-corrected chi connectivity index (χ2v) is 5.16. The van der Waals surface area contributed by atoms with Gasteiger partial charge in [-0.15, -0.1) is 6.58 Å². The van der Waals surface area contributed by atoms with Crippen LogP contribution in [0.4, 0.5) is 0 Å². The van der Waals surface area contributed by atoms with Gasteiger partial charge in [0.25, 0.3) is 0 Å². The van der Waals surface area contributed by atoms with Crippen molar-refractivity contribution in [1.82, 2.24) is 0 Å². The Morgan fingerprint density at radius 3 is 2.93 bits per heavy atom. The van der Waals surface area contributed by atoms with E-state index < -0.39 is 11.8 Å².